The Balaban J connectivity index is 1.53. The number of fused-ring (bicyclic) bond motifs is 1. The SMILES string of the molecule is CCNc1ncc2c(-n3cnc(C(=O)N4CCC(CO)C4)c3)nnc(NCc3ccc(O)c(Cl)c3)c2c1C=N. The molecule has 12 nitrogen and oxygen atoms in total. The van der Waals surface area contributed by atoms with Gasteiger partial charge in [-0.25, -0.2) is 9.97 Å². The Morgan fingerprint density at radius 2 is 2.10 bits per heavy atom. The van der Waals surface area contributed by atoms with Gasteiger partial charge in [-0.05, 0) is 31.0 Å². The summed E-state index contributed by atoms with van der Waals surface area (Å²) in [6.45, 7) is 4.02. The van der Waals surface area contributed by atoms with Crippen LogP contribution in [0.3, 0.4) is 0 Å². The van der Waals surface area contributed by atoms with Gasteiger partial charge in [0, 0.05) is 73.6 Å². The summed E-state index contributed by atoms with van der Waals surface area (Å²) in [5.41, 5.74) is 1.61. The lowest BCUT2D eigenvalue weighted by atomic mass is 10.1. The second-order valence-corrected chi connectivity index (χ2v) is 9.66. The average molecular weight is 550 g/mol. The third-order valence-corrected chi connectivity index (χ3v) is 6.98. The molecule has 5 N–H and O–H groups in total. The summed E-state index contributed by atoms with van der Waals surface area (Å²) in [7, 11) is 0. The van der Waals surface area contributed by atoms with Crippen molar-refractivity contribution in [3.8, 4) is 11.6 Å². The second-order valence-electron chi connectivity index (χ2n) is 9.25. The molecule has 1 atom stereocenters. The lowest BCUT2D eigenvalue weighted by Crippen LogP contribution is -2.29. The van der Waals surface area contributed by atoms with E-state index in [-0.39, 0.29) is 34.9 Å². The van der Waals surface area contributed by atoms with Crippen molar-refractivity contribution in [1.82, 2.24) is 29.6 Å². The monoisotopic (exact) mass is 549 g/mol. The number of anilines is 2. The van der Waals surface area contributed by atoms with Crippen molar-refractivity contribution in [3.63, 3.8) is 0 Å². The fourth-order valence-electron chi connectivity index (χ4n) is 4.64. The van der Waals surface area contributed by atoms with E-state index in [1.165, 1.54) is 18.6 Å². The number of likely N-dealkylation sites (tertiary alicyclic amines) is 1. The number of rotatable bonds is 9. The highest BCUT2D eigenvalue weighted by atomic mass is 35.5. The number of phenols is 1. The third kappa shape index (κ3) is 5.20. The van der Waals surface area contributed by atoms with Crippen molar-refractivity contribution in [2.24, 2.45) is 5.92 Å². The second kappa shape index (κ2) is 11.2. The molecule has 39 heavy (non-hydrogen) atoms. The molecule has 202 valence electrons. The number of aromatic hydroxyl groups is 1. The Hall–Kier alpha value is -4.29. The number of hydrogen-bond acceptors (Lipinski definition) is 10. The summed E-state index contributed by atoms with van der Waals surface area (Å²) < 4.78 is 1.62. The molecule has 4 aromatic rings. The van der Waals surface area contributed by atoms with Crippen LogP contribution in [0.2, 0.25) is 5.02 Å². The summed E-state index contributed by atoms with van der Waals surface area (Å²) in [4.78, 5) is 23.5. The first-order valence-electron chi connectivity index (χ1n) is 12.5. The molecular weight excluding hydrogens is 522 g/mol. The highest BCUT2D eigenvalue weighted by Crippen LogP contribution is 2.32. The minimum absolute atomic E-state index is 0.00131. The zero-order valence-corrected chi connectivity index (χ0v) is 22.0. The molecule has 3 aromatic heterocycles. The number of halogens is 1. The molecule has 1 saturated heterocycles. The number of hydrogen-bond donors (Lipinski definition) is 5. The van der Waals surface area contributed by atoms with Crippen LogP contribution in [0.15, 0.2) is 36.9 Å². The van der Waals surface area contributed by atoms with Gasteiger partial charge in [-0.2, -0.15) is 0 Å². The van der Waals surface area contributed by atoms with Crippen molar-refractivity contribution in [2.45, 2.75) is 19.9 Å². The lowest BCUT2D eigenvalue weighted by Gasteiger charge is -2.16. The van der Waals surface area contributed by atoms with E-state index in [0.717, 1.165) is 12.0 Å². The number of phenolic OH excluding ortho intramolecular Hbond substituents is 1. The van der Waals surface area contributed by atoms with Gasteiger partial charge < -0.3 is 31.2 Å². The number of pyridine rings is 1. The van der Waals surface area contributed by atoms with Crippen LogP contribution >= 0.6 is 11.6 Å². The number of nitrogens with zero attached hydrogens (tertiary/aromatic N) is 6. The standard InChI is InChI=1S/C26H28ClN9O3/c1-2-29-23-17(8-28)22-18(10-31-23)25(34-33-24(22)30-9-15-3-4-21(38)19(27)7-15)36-12-20(32-14-36)26(39)35-6-5-16(11-35)13-37/h3-4,7-8,10,12,14,16,28,37-38H,2,5-6,9,11,13H2,1H3,(H,29,31)(H,30,33). The molecule has 1 aliphatic heterocycles. The summed E-state index contributed by atoms with van der Waals surface area (Å²) in [6, 6.07) is 4.92. The molecule has 0 bridgehead atoms. The number of nitrogens with one attached hydrogen (secondary N) is 3. The number of carbonyl (C=O) groups is 1. The van der Waals surface area contributed by atoms with Crippen LogP contribution in [0, 0.1) is 11.3 Å². The lowest BCUT2D eigenvalue weighted by molar-refractivity contribution is 0.0776. The van der Waals surface area contributed by atoms with Gasteiger partial charge in [0.05, 0.1) is 5.02 Å². The van der Waals surface area contributed by atoms with Crippen LogP contribution in [0.5, 0.6) is 5.75 Å². The number of aromatic nitrogens is 5. The Labute approximate surface area is 229 Å². The summed E-state index contributed by atoms with van der Waals surface area (Å²) >= 11 is 6.06. The molecule has 5 rings (SSSR count). The maximum atomic E-state index is 13.0. The van der Waals surface area contributed by atoms with Crippen LogP contribution in [0.4, 0.5) is 11.6 Å². The number of imidazole rings is 1. The molecule has 1 aliphatic rings. The highest BCUT2D eigenvalue weighted by molar-refractivity contribution is 6.32. The summed E-state index contributed by atoms with van der Waals surface area (Å²) in [5.74, 6) is 1.24. The van der Waals surface area contributed by atoms with Gasteiger partial charge in [-0.15, -0.1) is 10.2 Å². The topological polar surface area (TPSA) is 165 Å². The number of benzene rings is 1. The minimum Gasteiger partial charge on any atom is -0.506 e. The minimum atomic E-state index is -0.208. The van der Waals surface area contributed by atoms with Gasteiger partial charge in [0.2, 0.25) is 0 Å². The summed E-state index contributed by atoms with van der Waals surface area (Å²) in [6.07, 6.45) is 6.74. The van der Waals surface area contributed by atoms with E-state index in [0.29, 0.717) is 60.0 Å². The first-order chi connectivity index (χ1) is 18.9. The Bertz CT molecular complexity index is 1540. The third-order valence-electron chi connectivity index (χ3n) is 6.68. The van der Waals surface area contributed by atoms with Crippen molar-refractivity contribution in [2.75, 3.05) is 36.9 Å². The van der Waals surface area contributed by atoms with Gasteiger partial charge in [0.15, 0.2) is 11.6 Å². The Morgan fingerprint density at radius 1 is 1.26 bits per heavy atom. The Kier molecular flexibility index (Phi) is 7.57. The van der Waals surface area contributed by atoms with E-state index in [9.17, 15) is 15.0 Å². The van der Waals surface area contributed by atoms with Gasteiger partial charge in [-0.3, -0.25) is 9.36 Å². The zero-order chi connectivity index (χ0) is 27.5. The van der Waals surface area contributed by atoms with E-state index in [1.807, 2.05) is 6.92 Å². The van der Waals surface area contributed by atoms with Gasteiger partial charge in [0.25, 0.3) is 5.91 Å². The molecule has 1 aromatic carbocycles. The first-order valence-corrected chi connectivity index (χ1v) is 12.9. The highest BCUT2D eigenvalue weighted by Gasteiger charge is 2.28. The summed E-state index contributed by atoms with van der Waals surface area (Å²) in [5, 5.41) is 44.0. The Morgan fingerprint density at radius 3 is 2.82 bits per heavy atom. The van der Waals surface area contributed by atoms with Crippen molar-refractivity contribution in [3.05, 3.63) is 58.8 Å². The smallest absolute Gasteiger partial charge is 0.274 e. The molecule has 0 radical (unpaired) electrons. The van der Waals surface area contributed by atoms with Crippen LogP contribution < -0.4 is 10.6 Å². The molecular formula is C26H28ClN9O3. The molecule has 0 saturated carbocycles. The van der Waals surface area contributed by atoms with E-state index < -0.39 is 0 Å². The largest absolute Gasteiger partial charge is 0.506 e. The van der Waals surface area contributed by atoms with Crippen molar-refractivity contribution < 1.29 is 15.0 Å². The molecule has 1 amide bonds. The quantitative estimate of drug-likeness (QED) is 0.197. The van der Waals surface area contributed by atoms with E-state index in [1.54, 1.807) is 34.0 Å². The predicted molar refractivity (Wildman–Crippen MR) is 148 cm³/mol. The zero-order valence-electron chi connectivity index (χ0n) is 21.2. The fourth-order valence-corrected chi connectivity index (χ4v) is 4.84. The van der Waals surface area contributed by atoms with Crippen molar-refractivity contribution in [1.29, 1.82) is 5.41 Å². The van der Waals surface area contributed by atoms with E-state index >= 15 is 0 Å². The number of carbonyl (C=O) groups excluding carboxylic acids is 1. The van der Waals surface area contributed by atoms with Crippen LogP contribution in [0.25, 0.3) is 16.6 Å². The molecule has 1 unspecified atom stereocenters. The van der Waals surface area contributed by atoms with E-state index in [4.69, 9.17) is 17.0 Å². The molecule has 1 fully saturated rings. The number of aliphatic hydroxyl groups is 1. The van der Waals surface area contributed by atoms with Crippen LogP contribution in [-0.2, 0) is 6.54 Å². The van der Waals surface area contributed by atoms with Gasteiger partial charge in [0.1, 0.15) is 23.6 Å². The first kappa shape index (κ1) is 26.3. The van der Waals surface area contributed by atoms with Crippen LogP contribution in [0.1, 0.15) is 35.0 Å². The van der Waals surface area contributed by atoms with E-state index in [2.05, 4.69) is 30.8 Å². The molecule has 4 heterocycles. The average Bonchev–Trinajstić information content (AvgIpc) is 3.63. The molecule has 0 spiro atoms. The van der Waals surface area contributed by atoms with Gasteiger partial charge >= 0.3 is 0 Å². The normalized spacial score (nSPS) is 15.1. The fraction of sp³-hybridized carbons (Fsp3) is 0.308. The predicted octanol–water partition coefficient (Wildman–Crippen LogP) is 3.07. The van der Waals surface area contributed by atoms with Crippen LogP contribution in [-0.4, -0.2) is 78.2 Å². The maximum absolute atomic E-state index is 13.0. The number of aliphatic hydroxyl groups excluding tert-OH is 1. The molecule has 13 heteroatoms. The van der Waals surface area contributed by atoms with Crippen molar-refractivity contribution >= 4 is 46.1 Å². The maximum Gasteiger partial charge on any atom is 0.274 e. The van der Waals surface area contributed by atoms with Gasteiger partial charge in [-0.1, -0.05) is 17.7 Å². The number of amides is 1. The molecule has 0 aliphatic carbocycles.